The summed E-state index contributed by atoms with van der Waals surface area (Å²) in [6.45, 7) is 2.09. The van der Waals surface area contributed by atoms with Crippen LogP contribution in [0.25, 0.3) is 0 Å². The highest BCUT2D eigenvalue weighted by atomic mass is 127. The van der Waals surface area contributed by atoms with Gasteiger partial charge in [0.2, 0.25) is 5.13 Å². The number of rotatable bonds is 4. The van der Waals surface area contributed by atoms with Crippen molar-refractivity contribution in [2.24, 2.45) is 0 Å². The molecule has 0 atom stereocenters. The van der Waals surface area contributed by atoms with E-state index in [1.807, 2.05) is 0 Å². The summed E-state index contributed by atoms with van der Waals surface area (Å²) in [5, 5.41) is 7.87. The van der Waals surface area contributed by atoms with Crippen LogP contribution in [0, 0.1) is 3.57 Å². The Labute approximate surface area is 123 Å². The fourth-order valence-electron chi connectivity index (χ4n) is 1.42. The fraction of sp³-hybridized carbons (Fsp3) is 0.200. The molecule has 2 aromatic rings. The van der Waals surface area contributed by atoms with Crippen molar-refractivity contribution in [3.8, 4) is 0 Å². The molecule has 5 nitrogen and oxygen atoms in total. The van der Waals surface area contributed by atoms with Gasteiger partial charge in [0.1, 0.15) is 5.51 Å². The van der Waals surface area contributed by atoms with E-state index in [2.05, 4.69) is 32.8 Å². The molecule has 2 rings (SSSR count). The standard InChI is InChI=1S/C10H10IN3O2S2/c1-2-14(10-13-12-7-17-10)18(15,16)9-5-3-8(11)4-6-9/h3-7H,2H2,1H3. The Bertz CT molecular complexity index is 611. The predicted molar refractivity (Wildman–Crippen MR) is 79.3 cm³/mol. The van der Waals surface area contributed by atoms with Gasteiger partial charge in [-0.2, -0.15) is 0 Å². The molecule has 0 aliphatic heterocycles. The van der Waals surface area contributed by atoms with E-state index >= 15 is 0 Å². The summed E-state index contributed by atoms with van der Waals surface area (Å²) in [4.78, 5) is 0.264. The first-order valence-electron chi connectivity index (χ1n) is 5.10. The van der Waals surface area contributed by atoms with Crippen molar-refractivity contribution in [3.63, 3.8) is 0 Å². The SMILES string of the molecule is CCN(c1nncs1)S(=O)(=O)c1ccc(I)cc1. The number of anilines is 1. The first-order chi connectivity index (χ1) is 8.55. The molecule has 1 heterocycles. The number of sulfonamides is 1. The van der Waals surface area contributed by atoms with Crippen LogP contribution in [-0.4, -0.2) is 25.2 Å². The highest BCUT2D eigenvalue weighted by Crippen LogP contribution is 2.24. The molecule has 0 aliphatic carbocycles. The van der Waals surface area contributed by atoms with Crippen molar-refractivity contribution >= 4 is 49.1 Å². The van der Waals surface area contributed by atoms with Crippen LogP contribution in [0.1, 0.15) is 6.92 Å². The van der Waals surface area contributed by atoms with Gasteiger partial charge in [0.05, 0.1) is 4.90 Å². The van der Waals surface area contributed by atoms with Crippen LogP contribution < -0.4 is 4.31 Å². The summed E-state index contributed by atoms with van der Waals surface area (Å²) >= 11 is 3.34. The van der Waals surface area contributed by atoms with Gasteiger partial charge in [0, 0.05) is 10.1 Å². The minimum atomic E-state index is -3.55. The molecule has 0 bridgehead atoms. The van der Waals surface area contributed by atoms with Crippen molar-refractivity contribution in [3.05, 3.63) is 33.3 Å². The second-order valence-corrected chi connectivity index (χ2v) is 7.26. The van der Waals surface area contributed by atoms with E-state index in [0.29, 0.717) is 11.7 Å². The zero-order valence-corrected chi connectivity index (χ0v) is 13.2. The van der Waals surface area contributed by atoms with E-state index < -0.39 is 10.0 Å². The molecule has 0 unspecified atom stereocenters. The average Bonchev–Trinajstić information content (AvgIpc) is 2.84. The van der Waals surface area contributed by atoms with Crippen molar-refractivity contribution in [1.29, 1.82) is 0 Å². The molecule has 0 aliphatic rings. The molecule has 96 valence electrons. The molecule has 0 saturated carbocycles. The van der Waals surface area contributed by atoms with E-state index in [0.717, 1.165) is 3.57 Å². The maximum atomic E-state index is 12.4. The highest BCUT2D eigenvalue weighted by molar-refractivity contribution is 14.1. The van der Waals surface area contributed by atoms with Crippen LogP contribution in [0.2, 0.25) is 0 Å². The normalized spacial score (nSPS) is 11.4. The van der Waals surface area contributed by atoms with Gasteiger partial charge in [-0.15, -0.1) is 10.2 Å². The maximum absolute atomic E-state index is 12.4. The third kappa shape index (κ3) is 2.64. The van der Waals surface area contributed by atoms with Gasteiger partial charge in [-0.05, 0) is 53.8 Å². The average molecular weight is 395 g/mol. The summed E-state index contributed by atoms with van der Waals surface area (Å²) in [7, 11) is -3.55. The van der Waals surface area contributed by atoms with Gasteiger partial charge in [0.15, 0.2) is 0 Å². The van der Waals surface area contributed by atoms with Crippen LogP contribution in [-0.2, 0) is 10.0 Å². The smallest absolute Gasteiger partial charge is 0.240 e. The third-order valence-corrected chi connectivity index (χ3v) is 5.68. The Morgan fingerprint density at radius 3 is 2.50 bits per heavy atom. The Morgan fingerprint density at radius 2 is 2.00 bits per heavy atom. The number of halogens is 1. The van der Waals surface area contributed by atoms with Gasteiger partial charge in [-0.25, -0.2) is 12.7 Å². The van der Waals surface area contributed by atoms with Crippen LogP contribution >= 0.6 is 33.9 Å². The zero-order valence-electron chi connectivity index (χ0n) is 9.45. The molecule has 1 aromatic heterocycles. The van der Waals surface area contributed by atoms with Crippen LogP contribution in [0.5, 0.6) is 0 Å². The molecule has 8 heteroatoms. The molecule has 0 spiro atoms. The largest absolute Gasteiger partial charge is 0.266 e. The summed E-state index contributed by atoms with van der Waals surface area (Å²) in [6, 6.07) is 6.73. The monoisotopic (exact) mass is 395 g/mol. The van der Waals surface area contributed by atoms with Crippen LogP contribution in [0.4, 0.5) is 5.13 Å². The molecule has 0 saturated heterocycles. The Kier molecular flexibility index (Phi) is 4.17. The van der Waals surface area contributed by atoms with Gasteiger partial charge in [0.25, 0.3) is 10.0 Å². The van der Waals surface area contributed by atoms with E-state index in [4.69, 9.17) is 0 Å². The second-order valence-electron chi connectivity index (χ2n) is 3.35. The van der Waals surface area contributed by atoms with E-state index in [-0.39, 0.29) is 4.90 Å². The maximum Gasteiger partial charge on any atom is 0.266 e. The highest BCUT2D eigenvalue weighted by Gasteiger charge is 2.25. The van der Waals surface area contributed by atoms with E-state index in [1.165, 1.54) is 21.2 Å². The van der Waals surface area contributed by atoms with Crippen molar-refractivity contribution in [2.75, 3.05) is 10.8 Å². The Balaban J connectivity index is 2.44. The van der Waals surface area contributed by atoms with Crippen LogP contribution in [0.3, 0.4) is 0 Å². The Hall–Kier alpha value is -0.740. The molecule has 0 amide bonds. The number of hydrogen-bond acceptors (Lipinski definition) is 5. The lowest BCUT2D eigenvalue weighted by Gasteiger charge is -2.19. The van der Waals surface area contributed by atoms with Gasteiger partial charge >= 0.3 is 0 Å². The van der Waals surface area contributed by atoms with Crippen LogP contribution in [0.15, 0.2) is 34.7 Å². The van der Waals surface area contributed by atoms with Crippen molar-refractivity contribution < 1.29 is 8.42 Å². The second kappa shape index (κ2) is 5.49. The summed E-state index contributed by atoms with van der Waals surface area (Å²) in [5.74, 6) is 0. The van der Waals surface area contributed by atoms with E-state index in [9.17, 15) is 8.42 Å². The lowest BCUT2D eigenvalue weighted by molar-refractivity contribution is 0.591. The molecule has 0 N–H and O–H groups in total. The first kappa shape index (κ1) is 13.7. The molecular formula is C10H10IN3O2S2. The topological polar surface area (TPSA) is 63.2 Å². The number of aromatic nitrogens is 2. The predicted octanol–water partition coefficient (Wildman–Crippen LogP) is 2.36. The molecule has 1 aromatic carbocycles. The van der Waals surface area contributed by atoms with Crippen molar-refractivity contribution in [2.45, 2.75) is 11.8 Å². The number of hydrogen-bond donors (Lipinski definition) is 0. The van der Waals surface area contributed by atoms with Gasteiger partial charge in [-0.1, -0.05) is 11.3 Å². The first-order valence-corrected chi connectivity index (χ1v) is 8.50. The molecule has 0 fully saturated rings. The lowest BCUT2D eigenvalue weighted by Crippen LogP contribution is -2.30. The molecule has 18 heavy (non-hydrogen) atoms. The number of benzene rings is 1. The lowest BCUT2D eigenvalue weighted by atomic mass is 10.4. The fourth-order valence-corrected chi connectivity index (χ4v) is 4.05. The summed E-state index contributed by atoms with van der Waals surface area (Å²) in [6.07, 6.45) is 0. The quantitative estimate of drug-likeness (QED) is 0.746. The van der Waals surface area contributed by atoms with Gasteiger partial charge in [-0.3, -0.25) is 0 Å². The summed E-state index contributed by atoms with van der Waals surface area (Å²) < 4.78 is 27.1. The summed E-state index contributed by atoms with van der Waals surface area (Å²) in [5.41, 5.74) is 1.52. The minimum absolute atomic E-state index is 0.264. The minimum Gasteiger partial charge on any atom is -0.240 e. The van der Waals surface area contributed by atoms with E-state index in [1.54, 1.807) is 31.2 Å². The third-order valence-electron chi connectivity index (χ3n) is 2.25. The van der Waals surface area contributed by atoms with Crippen molar-refractivity contribution in [1.82, 2.24) is 10.2 Å². The van der Waals surface area contributed by atoms with Gasteiger partial charge < -0.3 is 0 Å². The molecule has 0 radical (unpaired) electrons. The Morgan fingerprint density at radius 1 is 1.33 bits per heavy atom. The zero-order chi connectivity index (χ0) is 13.2. The number of nitrogens with zero attached hydrogens (tertiary/aromatic N) is 3. The molecular weight excluding hydrogens is 385 g/mol.